The predicted molar refractivity (Wildman–Crippen MR) is 86.5 cm³/mol. The van der Waals surface area contributed by atoms with E-state index < -0.39 is 0 Å². The van der Waals surface area contributed by atoms with Crippen molar-refractivity contribution in [3.05, 3.63) is 29.6 Å². The first-order valence-electron chi connectivity index (χ1n) is 8.49. The number of ether oxygens (including phenoxy) is 3. The van der Waals surface area contributed by atoms with Crippen molar-refractivity contribution < 1.29 is 23.4 Å². The first-order chi connectivity index (χ1) is 11.6. The number of amides is 1. The molecule has 132 valence electrons. The molecule has 3 atom stereocenters. The number of benzene rings is 1. The molecule has 1 aliphatic carbocycles. The summed E-state index contributed by atoms with van der Waals surface area (Å²) < 4.78 is 30.2. The molecule has 0 aromatic heterocycles. The third-order valence-electron chi connectivity index (χ3n) is 4.83. The fourth-order valence-corrected chi connectivity index (χ4v) is 3.74. The summed E-state index contributed by atoms with van der Waals surface area (Å²) in [5.41, 5.74) is 0.691. The highest BCUT2D eigenvalue weighted by molar-refractivity contribution is 5.80. The van der Waals surface area contributed by atoms with E-state index in [1.165, 1.54) is 19.2 Å². The van der Waals surface area contributed by atoms with Crippen LogP contribution in [0.1, 0.15) is 25.3 Å². The molecule has 1 heterocycles. The van der Waals surface area contributed by atoms with Crippen LogP contribution in [-0.4, -0.2) is 55.9 Å². The molecule has 1 aliphatic heterocycles. The molecule has 0 N–H and O–H groups in total. The van der Waals surface area contributed by atoms with E-state index >= 15 is 0 Å². The lowest BCUT2D eigenvalue weighted by Gasteiger charge is -2.31. The molecule has 0 spiro atoms. The highest BCUT2D eigenvalue weighted by Gasteiger charge is 2.44. The Labute approximate surface area is 141 Å². The molecule has 24 heavy (non-hydrogen) atoms. The minimum atomic E-state index is -0.374. The van der Waals surface area contributed by atoms with E-state index in [2.05, 4.69) is 0 Å². The zero-order valence-corrected chi connectivity index (χ0v) is 14.2. The Hall–Kier alpha value is -1.66. The maximum Gasteiger partial charge on any atom is 0.227 e. The van der Waals surface area contributed by atoms with E-state index in [-0.39, 0.29) is 36.4 Å². The summed E-state index contributed by atoms with van der Waals surface area (Å²) in [4.78, 5) is 14.7. The normalized spacial score (nSPS) is 26.3. The van der Waals surface area contributed by atoms with Crippen molar-refractivity contribution >= 4 is 5.91 Å². The molecule has 0 unspecified atom stereocenters. The van der Waals surface area contributed by atoms with Crippen LogP contribution >= 0.6 is 0 Å². The Balaban J connectivity index is 1.76. The van der Waals surface area contributed by atoms with Crippen molar-refractivity contribution in [2.45, 2.75) is 44.4 Å². The highest BCUT2D eigenvalue weighted by Crippen LogP contribution is 2.32. The monoisotopic (exact) mass is 337 g/mol. The van der Waals surface area contributed by atoms with Gasteiger partial charge in [0, 0.05) is 24.8 Å². The second kappa shape index (κ2) is 7.49. The largest absolute Gasteiger partial charge is 0.496 e. The predicted octanol–water partition coefficient (Wildman–Crippen LogP) is 2.17. The zero-order chi connectivity index (χ0) is 17.1. The van der Waals surface area contributed by atoms with E-state index in [0.29, 0.717) is 31.1 Å². The molecule has 1 saturated carbocycles. The smallest absolute Gasteiger partial charge is 0.227 e. The van der Waals surface area contributed by atoms with Gasteiger partial charge in [0.25, 0.3) is 0 Å². The molecule has 5 nitrogen and oxygen atoms in total. The van der Waals surface area contributed by atoms with Crippen LogP contribution in [-0.2, 0) is 20.7 Å². The van der Waals surface area contributed by atoms with Crippen LogP contribution in [0.4, 0.5) is 4.39 Å². The third kappa shape index (κ3) is 3.39. The third-order valence-corrected chi connectivity index (χ3v) is 4.83. The number of hydrogen-bond acceptors (Lipinski definition) is 4. The molecular weight excluding hydrogens is 313 g/mol. The Morgan fingerprint density at radius 3 is 3.00 bits per heavy atom. The number of rotatable bonds is 5. The van der Waals surface area contributed by atoms with Crippen LogP contribution in [0.5, 0.6) is 5.75 Å². The van der Waals surface area contributed by atoms with Gasteiger partial charge in [-0.15, -0.1) is 0 Å². The van der Waals surface area contributed by atoms with Gasteiger partial charge >= 0.3 is 0 Å². The van der Waals surface area contributed by atoms with Crippen molar-refractivity contribution in [2.75, 3.05) is 26.9 Å². The summed E-state index contributed by atoms with van der Waals surface area (Å²) in [6.45, 7) is 3.65. The van der Waals surface area contributed by atoms with Crippen LogP contribution in [0.2, 0.25) is 0 Å². The van der Waals surface area contributed by atoms with Gasteiger partial charge in [0.05, 0.1) is 32.3 Å². The van der Waals surface area contributed by atoms with Gasteiger partial charge in [0.1, 0.15) is 17.7 Å². The minimum absolute atomic E-state index is 0.000705. The van der Waals surface area contributed by atoms with Crippen molar-refractivity contribution in [1.82, 2.24) is 4.90 Å². The standard InChI is InChI=1S/C18H24FNO4/c1-3-23-18-14-6-7-15(18)24-9-8-20(14)17(21)10-12-4-5-13(19)11-16(12)22-2/h4-5,11,14-15,18H,3,6-10H2,1-2H3/t14-,15-,18-/m1/s1. The second-order valence-electron chi connectivity index (χ2n) is 6.19. The summed E-state index contributed by atoms with van der Waals surface area (Å²) in [5.74, 6) is 0.0297. The second-order valence-corrected chi connectivity index (χ2v) is 6.19. The molecule has 2 fully saturated rings. The SMILES string of the molecule is CCO[C@@H]1[C@H]2CC[C@H]1OCCN2C(=O)Cc1ccc(F)cc1OC. The number of carbonyl (C=O) groups is 1. The van der Waals surface area contributed by atoms with Crippen molar-refractivity contribution in [1.29, 1.82) is 0 Å². The number of halogens is 1. The molecule has 1 amide bonds. The molecular formula is C18H24FNO4. The van der Waals surface area contributed by atoms with E-state index in [4.69, 9.17) is 14.2 Å². The van der Waals surface area contributed by atoms with Crippen molar-refractivity contribution in [2.24, 2.45) is 0 Å². The summed E-state index contributed by atoms with van der Waals surface area (Å²) in [7, 11) is 1.48. The van der Waals surface area contributed by atoms with Gasteiger partial charge in [0.2, 0.25) is 5.91 Å². The van der Waals surface area contributed by atoms with E-state index in [0.717, 1.165) is 12.8 Å². The number of carbonyl (C=O) groups excluding carboxylic acids is 1. The van der Waals surface area contributed by atoms with E-state index in [1.54, 1.807) is 6.07 Å². The Morgan fingerprint density at radius 2 is 2.25 bits per heavy atom. The van der Waals surface area contributed by atoms with Crippen molar-refractivity contribution in [3.63, 3.8) is 0 Å². The average Bonchev–Trinajstić information content (AvgIpc) is 2.84. The lowest BCUT2D eigenvalue weighted by molar-refractivity contribution is -0.135. The molecule has 1 aromatic carbocycles. The fraction of sp³-hybridized carbons (Fsp3) is 0.611. The number of nitrogens with zero attached hydrogens (tertiary/aromatic N) is 1. The lowest BCUT2D eigenvalue weighted by atomic mass is 10.1. The van der Waals surface area contributed by atoms with Gasteiger partial charge in [-0.25, -0.2) is 4.39 Å². The maximum atomic E-state index is 13.3. The molecule has 1 aromatic rings. The molecule has 1 saturated heterocycles. The Bertz CT molecular complexity index is 594. The first kappa shape index (κ1) is 17.2. The van der Waals surface area contributed by atoms with E-state index in [1.807, 2.05) is 11.8 Å². The average molecular weight is 337 g/mol. The van der Waals surface area contributed by atoms with Gasteiger partial charge in [-0.2, -0.15) is 0 Å². The van der Waals surface area contributed by atoms with E-state index in [9.17, 15) is 9.18 Å². The lowest BCUT2D eigenvalue weighted by Crippen LogP contribution is -2.47. The minimum Gasteiger partial charge on any atom is -0.496 e. The zero-order valence-electron chi connectivity index (χ0n) is 14.2. The topological polar surface area (TPSA) is 48.0 Å². The van der Waals surface area contributed by atoms with Gasteiger partial charge < -0.3 is 19.1 Å². The molecule has 6 heteroatoms. The van der Waals surface area contributed by atoms with Gasteiger partial charge in [-0.1, -0.05) is 6.07 Å². The van der Waals surface area contributed by atoms with Gasteiger partial charge in [-0.05, 0) is 25.8 Å². The summed E-state index contributed by atoms with van der Waals surface area (Å²) >= 11 is 0. The molecule has 2 aliphatic rings. The van der Waals surface area contributed by atoms with Crippen LogP contribution in [0.15, 0.2) is 18.2 Å². The molecule has 3 rings (SSSR count). The number of fused-ring (bicyclic) bond motifs is 2. The van der Waals surface area contributed by atoms with Crippen LogP contribution < -0.4 is 4.74 Å². The van der Waals surface area contributed by atoms with Crippen LogP contribution in [0.25, 0.3) is 0 Å². The Morgan fingerprint density at radius 1 is 1.42 bits per heavy atom. The number of hydrogen-bond donors (Lipinski definition) is 0. The number of methoxy groups -OCH3 is 1. The quantitative estimate of drug-likeness (QED) is 0.826. The summed E-state index contributed by atoms with van der Waals surface area (Å²) in [5, 5.41) is 0. The molecule has 2 bridgehead atoms. The summed E-state index contributed by atoms with van der Waals surface area (Å²) in [6, 6.07) is 4.32. The molecule has 0 radical (unpaired) electrons. The maximum absolute atomic E-state index is 13.3. The fourth-order valence-electron chi connectivity index (χ4n) is 3.74. The van der Waals surface area contributed by atoms with Gasteiger partial charge in [-0.3, -0.25) is 4.79 Å². The van der Waals surface area contributed by atoms with Crippen LogP contribution in [0, 0.1) is 5.82 Å². The summed E-state index contributed by atoms with van der Waals surface area (Å²) in [6.07, 6.45) is 2.01. The Kier molecular flexibility index (Phi) is 5.36. The first-order valence-corrected chi connectivity index (χ1v) is 8.49. The highest BCUT2D eigenvalue weighted by atomic mass is 19.1. The van der Waals surface area contributed by atoms with Crippen LogP contribution in [0.3, 0.4) is 0 Å². The van der Waals surface area contributed by atoms with Crippen molar-refractivity contribution in [3.8, 4) is 5.75 Å². The van der Waals surface area contributed by atoms with Gasteiger partial charge in [0.15, 0.2) is 0 Å².